The molecular formula is C17H31BO2. The Morgan fingerprint density at radius 3 is 2.15 bits per heavy atom. The maximum Gasteiger partial charge on any atom is 0.461 e. The van der Waals surface area contributed by atoms with Crippen LogP contribution in [-0.4, -0.2) is 18.3 Å². The Hall–Kier alpha value is -0.0151. The summed E-state index contributed by atoms with van der Waals surface area (Å²) in [4.78, 5) is 0. The summed E-state index contributed by atoms with van der Waals surface area (Å²) in [5.74, 6) is 2.38. The summed E-state index contributed by atoms with van der Waals surface area (Å²) in [6.45, 7) is 13.4. The summed E-state index contributed by atoms with van der Waals surface area (Å²) in [5, 5.41) is 0. The fraction of sp³-hybridized carbons (Fsp3) is 1.00. The molecule has 0 bridgehead atoms. The normalized spacial score (nSPS) is 42.5. The molecule has 1 heterocycles. The molecule has 2 saturated carbocycles. The van der Waals surface area contributed by atoms with E-state index in [1.807, 2.05) is 0 Å². The van der Waals surface area contributed by atoms with Crippen LogP contribution in [0.5, 0.6) is 0 Å². The van der Waals surface area contributed by atoms with E-state index in [4.69, 9.17) is 9.31 Å². The third-order valence-corrected chi connectivity index (χ3v) is 6.71. The van der Waals surface area contributed by atoms with E-state index in [9.17, 15) is 0 Å². The molecule has 0 radical (unpaired) electrons. The van der Waals surface area contributed by atoms with Crippen LogP contribution in [0.2, 0.25) is 5.82 Å². The first kappa shape index (κ1) is 14.9. The van der Waals surface area contributed by atoms with Gasteiger partial charge in [0, 0.05) is 5.82 Å². The van der Waals surface area contributed by atoms with Crippen LogP contribution in [0, 0.1) is 17.3 Å². The monoisotopic (exact) mass is 278 g/mol. The van der Waals surface area contributed by atoms with E-state index >= 15 is 0 Å². The maximum absolute atomic E-state index is 6.29. The fourth-order valence-corrected chi connectivity index (χ4v) is 4.35. The van der Waals surface area contributed by atoms with Crippen molar-refractivity contribution in [1.82, 2.24) is 0 Å². The van der Waals surface area contributed by atoms with Crippen LogP contribution in [0.1, 0.15) is 73.6 Å². The molecule has 0 aromatic carbocycles. The third kappa shape index (κ3) is 2.25. The summed E-state index contributed by atoms with van der Waals surface area (Å²) in [7, 11) is 0.0333. The Labute approximate surface area is 125 Å². The minimum absolute atomic E-state index is 0.0333. The van der Waals surface area contributed by atoms with Gasteiger partial charge in [-0.3, -0.25) is 0 Å². The minimum Gasteiger partial charge on any atom is -0.403 e. The van der Waals surface area contributed by atoms with E-state index in [-0.39, 0.29) is 18.3 Å². The molecule has 2 nitrogen and oxygen atoms in total. The van der Waals surface area contributed by atoms with Crippen molar-refractivity contribution in [2.24, 2.45) is 17.3 Å². The lowest BCUT2D eigenvalue weighted by molar-refractivity contribution is 0.00578. The topological polar surface area (TPSA) is 18.5 Å². The summed E-state index contributed by atoms with van der Waals surface area (Å²) >= 11 is 0. The van der Waals surface area contributed by atoms with Crippen molar-refractivity contribution in [3.63, 3.8) is 0 Å². The van der Waals surface area contributed by atoms with Crippen LogP contribution in [0.25, 0.3) is 0 Å². The highest BCUT2D eigenvalue weighted by molar-refractivity contribution is 6.49. The average Bonchev–Trinajstić information content (AvgIpc) is 2.94. The molecule has 1 saturated heterocycles. The van der Waals surface area contributed by atoms with Crippen LogP contribution in [0.15, 0.2) is 0 Å². The maximum atomic E-state index is 6.29. The van der Waals surface area contributed by atoms with Crippen LogP contribution < -0.4 is 0 Å². The zero-order valence-corrected chi connectivity index (χ0v) is 14.2. The molecule has 3 aliphatic rings. The van der Waals surface area contributed by atoms with Gasteiger partial charge in [-0.25, -0.2) is 0 Å². The number of hydrogen-bond acceptors (Lipinski definition) is 2. The van der Waals surface area contributed by atoms with E-state index in [0.29, 0.717) is 11.2 Å². The highest BCUT2D eigenvalue weighted by atomic mass is 16.7. The Morgan fingerprint density at radius 1 is 1.00 bits per heavy atom. The third-order valence-electron chi connectivity index (χ3n) is 6.71. The van der Waals surface area contributed by atoms with Crippen molar-refractivity contribution in [1.29, 1.82) is 0 Å². The first-order chi connectivity index (χ1) is 9.17. The molecule has 1 aliphatic heterocycles. The Bertz CT molecular complexity index is 374. The molecule has 1 spiro atoms. The molecule has 3 fully saturated rings. The lowest BCUT2D eigenvalue weighted by atomic mass is 9.67. The second-order valence-corrected chi connectivity index (χ2v) is 8.90. The molecule has 0 aromatic rings. The van der Waals surface area contributed by atoms with Crippen LogP contribution in [0.3, 0.4) is 0 Å². The molecular weight excluding hydrogens is 247 g/mol. The largest absolute Gasteiger partial charge is 0.461 e. The number of rotatable bonds is 2. The minimum atomic E-state index is -0.173. The summed E-state index contributed by atoms with van der Waals surface area (Å²) in [5.41, 5.74) is 0.204. The molecule has 2 aliphatic carbocycles. The SMILES string of the molecule is CC(C)C1CCCC2(C1)CC2B1OC(C)(C)C(C)(C)O1. The number of hydrogen-bond donors (Lipinski definition) is 0. The lowest BCUT2D eigenvalue weighted by Crippen LogP contribution is -2.41. The molecule has 114 valence electrons. The van der Waals surface area contributed by atoms with Crippen LogP contribution >= 0.6 is 0 Å². The highest BCUT2D eigenvalue weighted by Crippen LogP contribution is 2.69. The van der Waals surface area contributed by atoms with Crippen LogP contribution in [-0.2, 0) is 9.31 Å². The van der Waals surface area contributed by atoms with Crippen molar-refractivity contribution < 1.29 is 9.31 Å². The van der Waals surface area contributed by atoms with Gasteiger partial charge in [0.05, 0.1) is 11.2 Å². The quantitative estimate of drug-likeness (QED) is 0.682. The Balaban J connectivity index is 1.67. The molecule has 3 rings (SSSR count). The van der Waals surface area contributed by atoms with Gasteiger partial charge in [0.1, 0.15) is 0 Å². The van der Waals surface area contributed by atoms with Crippen molar-refractivity contribution in [3.05, 3.63) is 0 Å². The standard InChI is InChI=1S/C17H31BO2/c1-12(2)13-8-7-9-17(10-13)11-14(17)18-19-15(3,4)16(5,6)20-18/h12-14H,7-11H2,1-6H3. The zero-order valence-electron chi connectivity index (χ0n) is 14.2. The zero-order chi connectivity index (χ0) is 14.8. The van der Waals surface area contributed by atoms with E-state index < -0.39 is 0 Å². The second-order valence-electron chi connectivity index (χ2n) is 8.90. The van der Waals surface area contributed by atoms with Gasteiger partial charge in [-0.2, -0.15) is 0 Å². The van der Waals surface area contributed by atoms with Gasteiger partial charge < -0.3 is 9.31 Å². The molecule has 0 amide bonds. The highest BCUT2D eigenvalue weighted by Gasteiger charge is 2.66. The molecule has 3 atom stereocenters. The molecule has 0 N–H and O–H groups in total. The van der Waals surface area contributed by atoms with E-state index in [2.05, 4.69) is 41.5 Å². The summed E-state index contributed by atoms with van der Waals surface area (Å²) in [6.07, 6.45) is 6.95. The average molecular weight is 278 g/mol. The van der Waals surface area contributed by atoms with Gasteiger partial charge in [0.25, 0.3) is 0 Å². The van der Waals surface area contributed by atoms with E-state index in [1.165, 1.54) is 32.1 Å². The van der Waals surface area contributed by atoms with Gasteiger partial charge in [-0.1, -0.05) is 26.7 Å². The van der Waals surface area contributed by atoms with Gasteiger partial charge in [0.15, 0.2) is 0 Å². The molecule has 20 heavy (non-hydrogen) atoms. The molecule has 3 unspecified atom stereocenters. The predicted molar refractivity (Wildman–Crippen MR) is 83.7 cm³/mol. The predicted octanol–water partition coefficient (Wildman–Crippen LogP) is 4.69. The lowest BCUT2D eigenvalue weighted by Gasteiger charge is -2.33. The van der Waals surface area contributed by atoms with Gasteiger partial charge in [-0.05, 0) is 64.2 Å². The summed E-state index contributed by atoms with van der Waals surface area (Å²) in [6, 6.07) is 0. The molecule has 3 heteroatoms. The van der Waals surface area contributed by atoms with E-state index in [1.54, 1.807) is 0 Å². The smallest absolute Gasteiger partial charge is 0.403 e. The Morgan fingerprint density at radius 2 is 1.60 bits per heavy atom. The van der Waals surface area contributed by atoms with Crippen molar-refractivity contribution >= 4 is 7.12 Å². The van der Waals surface area contributed by atoms with Crippen molar-refractivity contribution in [2.75, 3.05) is 0 Å². The van der Waals surface area contributed by atoms with E-state index in [0.717, 1.165) is 11.8 Å². The fourth-order valence-electron chi connectivity index (χ4n) is 4.35. The first-order valence-electron chi connectivity index (χ1n) is 8.53. The van der Waals surface area contributed by atoms with Crippen molar-refractivity contribution in [2.45, 2.75) is 90.7 Å². The Kier molecular flexibility index (Phi) is 3.35. The summed E-state index contributed by atoms with van der Waals surface area (Å²) < 4.78 is 12.6. The van der Waals surface area contributed by atoms with Gasteiger partial charge in [0.2, 0.25) is 0 Å². The first-order valence-corrected chi connectivity index (χ1v) is 8.53. The van der Waals surface area contributed by atoms with Crippen molar-refractivity contribution in [3.8, 4) is 0 Å². The molecule has 0 aromatic heterocycles. The van der Waals surface area contributed by atoms with Gasteiger partial charge in [-0.15, -0.1) is 0 Å². The second kappa shape index (κ2) is 4.49. The van der Waals surface area contributed by atoms with Crippen LogP contribution in [0.4, 0.5) is 0 Å². The van der Waals surface area contributed by atoms with Gasteiger partial charge >= 0.3 is 7.12 Å².